The van der Waals surface area contributed by atoms with Gasteiger partial charge >= 0.3 is 0 Å². The van der Waals surface area contributed by atoms with E-state index in [0.29, 0.717) is 30.0 Å². The van der Waals surface area contributed by atoms with Crippen molar-refractivity contribution in [1.29, 1.82) is 0 Å². The van der Waals surface area contributed by atoms with Gasteiger partial charge in [0, 0.05) is 43.3 Å². The maximum absolute atomic E-state index is 14.2. The Morgan fingerprint density at radius 2 is 1.53 bits per heavy atom. The predicted octanol–water partition coefficient (Wildman–Crippen LogP) is 5.37. The molecule has 2 aromatic carbocycles. The fourth-order valence-corrected chi connectivity index (χ4v) is 6.35. The molecule has 1 aliphatic heterocycles. The Morgan fingerprint density at radius 1 is 0.895 bits per heavy atom. The monoisotopic (exact) mass is 524 g/mol. The molecule has 5 rings (SSSR count). The third-order valence-electron chi connectivity index (χ3n) is 7.28. The van der Waals surface area contributed by atoms with Crippen molar-refractivity contribution in [3.63, 3.8) is 0 Å². The topological polar surface area (TPSA) is 57.7 Å². The molecule has 2 aliphatic carbocycles. The molecular weight excluding hydrogens is 492 g/mol. The molecule has 1 heterocycles. The summed E-state index contributed by atoms with van der Waals surface area (Å²) in [5, 5.41) is 0. The first-order chi connectivity index (χ1) is 18.2. The van der Waals surface area contributed by atoms with Crippen LogP contribution in [0.25, 0.3) is 11.1 Å². The van der Waals surface area contributed by atoms with E-state index in [0.717, 1.165) is 38.9 Å². The number of rotatable bonds is 5. The molecule has 1 unspecified atom stereocenters. The lowest BCUT2D eigenvalue weighted by atomic mass is 9.92. The summed E-state index contributed by atoms with van der Waals surface area (Å²) >= 11 is 0. The fourth-order valence-electron chi connectivity index (χ4n) is 5.58. The molecule has 0 N–H and O–H groups in total. The Hall–Kier alpha value is -3.77. The standard InChI is InChI=1S/C32H32N2O3S/c1-21-14-22(2)16-23(15-21)19-33(3)32(36)29-17-24-10-8-9-11-25(24)20-34(29)31(35)28-18-30(38(4)37)27-13-7-5-6-12-26(27)28/h5-16,18,29H,17,19-20H2,1-4H3/t29-,38?/m0/s1. The third-order valence-corrected chi connectivity index (χ3v) is 8.24. The molecule has 0 aromatic heterocycles. The zero-order chi connectivity index (χ0) is 27.0. The van der Waals surface area contributed by atoms with Crippen LogP contribution in [0.15, 0.2) is 83.8 Å². The number of fused-ring (bicyclic) bond motifs is 2. The van der Waals surface area contributed by atoms with Crippen molar-refractivity contribution in [1.82, 2.24) is 9.80 Å². The van der Waals surface area contributed by atoms with Crippen molar-refractivity contribution in [3.05, 3.63) is 112 Å². The van der Waals surface area contributed by atoms with Crippen molar-refractivity contribution in [3.8, 4) is 11.1 Å². The average Bonchev–Trinajstić information content (AvgIpc) is 3.07. The van der Waals surface area contributed by atoms with E-state index < -0.39 is 16.8 Å². The smallest absolute Gasteiger partial charge is 0.255 e. The van der Waals surface area contributed by atoms with E-state index >= 15 is 0 Å². The second-order valence-corrected chi connectivity index (χ2v) is 11.6. The van der Waals surface area contributed by atoms with Crippen LogP contribution in [0, 0.1) is 13.8 Å². The Morgan fingerprint density at radius 3 is 2.21 bits per heavy atom. The van der Waals surface area contributed by atoms with Crippen LogP contribution >= 0.6 is 0 Å². The number of aryl methyl sites for hydroxylation is 2. The highest BCUT2D eigenvalue weighted by Crippen LogP contribution is 2.36. The molecule has 2 atom stereocenters. The van der Waals surface area contributed by atoms with E-state index in [-0.39, 0.29) is 11.8 Å². The van der Waals surface area contributed by atoms with E-state index in [4.69, 9.17) is 0 Å². The van der Waals surface area contributed by atoms with Crippen LogP contribution in [0.2, 0.25) is 0 Å². The molecule has 0 spiro atoms. The molecule has 0 saturated carbocycles. The summed E-state index contributed by atoms with van der Waals surface area (Å²) in [6.07, 6.45) is 2.08. The summed E-state index contributed by atoms with van der Waals surface area (Å²) in [6.45, 7) is 4.92. The zero-order valence-electron chi connectivity index (χ0n) is 22.2. The van der Waals surface area contributed by atoms with Crippen LogP contribution in [0.1, 0.15) is 38.2 Å². The van der Waals surface area contributed by atoms with Gasteiger partial charge in [-0.05, 0) is 47.7 Å². The number of amides is 2. The van der Waals surface area contributed by atoms with Crippen LogP contribution in [-0.4, -0.2) is 45.2 Å². The zero-order valence-corrected chi connectivity index (χ0v) is 23.0. The summed E-state index contributed by atoms with van der Waals surface area (Å²) in [6, 6.07) is 24.9. The molecule has 6 heteroatoms. The van der Waals surface area contributed by atoms with Gasteiger partial charge in [-0.15, -0.1) is 0 Å². The maximum Gasteiger partial charge on any atom is 0.255 e. The van der Waals surface area contributed by atoms with Gasteiger partial charge in [-0.2, -0.15) is 0 Å². The van der Waals surface area contributed by atoms with Gasteiger partial charge in [-0.3, -0.25) is 13.8 Å². The van der Waals surface area contributed by atoms with E-state index in [1.807, 2.05) is 54.6 Å². The molecule has 0 radical (unpaired) electrons. The lowest BCUT2D eigenvalue weighted by Crippen LogP contribution is -2.52. The Balaban J connectivity index is 1.52. The van der Waals surface area contributed by atoms with Gasteiger partial charge in [0.05, 0.1) is 10.8 Å². The number of carbonyl (C=O) groups excluding carboxylic acids is 2. The first kappa shape index (κ1) is 25.9. The number of hydrogen-bond donors (Lipinski definition) is 0. The minimum Gasteiger partial charge on any atom is -0.340 e. The van der Waals surface area contributed by atoms with Crippen LogP contribution in [0.4, 0.5) is 0 Å². The maximum atomic E-state index is 14.2. The second-order valence-electron chi connectivity index (χ2n) is 10.2. The van der Waals surface area contributed by atoms with Gasteiger partial charge < -0.3 is 9.80 Å². The molecule has 2 amide bonds. The van der Waals surface area contributed by atoms with Crippen LogP contribution in [0.3, 0.4) is 0 Å². The molecule has 194 valence electrons. The van der Waals surface area contributed by atoms with E-state index in [1.165, 1.54) is 0 Å². The SMILES string of the molecule is Cc1cc(C)cc(CN(C)C(=O)[C@@H]2Cc3ccccc3CN2C(=O)c2cc(S(C)=O)c3cccccc2-3)c1. The second kappa shape index (κ2) is 10.5. The summed E-state index contributed by atoms with van der Waals surface area (Å²) in [5.74, 6) is -0.307. The lowest BCUT2D eigenvalue weighted by molar-refractivity contribution is -0.135. The lowest BCUT2D eigenvalue weighted by Gasteiger charge is -2.38. The Labute approximate surface area is 226 Å². The highest BCUT2D eigenvalue weighted by molar-refractivity contribution is 7.84. The minimum absolute atomic E-state index is 0.0901. The van der Waals surface area contributed by atoms with Gasteiger partial charge in [0.2, 0.25) is 5.91 Å². The first-order valence-corrected chi connectivity index (χ1v) is 14.3. The predicted molar refractivity (Wildman–Crippen MR) is 152 cm³/mol. The number of carbonyl (C=O) groups is 2. The number of hydrogen-bond acceptors (Lipinski definition) is 3. The summed E-state index contributed by atoms with van der Waals surface area (Å²) in [4.78, 5) is 32.2. The number of likely N-dealkylation sites (N-methyl/N-ethyl adjacent to an activating group) is 1. The molecule has 2 aromatic rings. The molecule has 0 saturated heterocycles. The van der Waals surface area contributed by atoms with Crippen LogP contribution in [-0.2, 0) is 35.1 Å². The summed E-state index contributed by atoms with van der Waals surface area (Å²) in [5.41, 5.74) is 7.54. The largest absolute Gasteiger partial charge is 0.340 e. The molecule has 0 bridgehead atoms. The molecular formula is C32H32N2O3S. The molecule has 0 fully saturated rings. The first-order valence-electron chi connectivity index (χ1n) is 12.8. The van der Waals surface area contributed by atoms with Gasteiger partial charge in [-0.25, -0.2) is 0 Å². The fraction of sp³-hybridized carbons (Fsp3) is 0.250. The quantitative estimate of drug-likeness (QED) is 0.353. The number of nitrogens with zero attached hydrogens (tertiary/aromatic N) is 2. The highest BCUT2D eigenvalue weighted by atomic mass is 32.2. The Bertz CT molecular complexity index is 1510. The van der Waals surface area contributed by atoms with E-state index in [2.05, 4.69) is 32.0 Å². The summed E-state index contributed by atoms with van der Waals surface area (Å²) < 4.78 is 12.5. The van der Waals surface area contributed by atoms with Crippen molar-refractivity contribution in [2.24, 2.45) is 0 Å². The molecule has 5 nitrogen and oxygen atoms in total. The van der Waals surface area contributed by atoms with E-state index in [9.17, 15) is 13.8 Å². The van der Waals surface area contributed by atoms with Gasteiger partial charge in [0.15, 0.2) is 0 Å². The average molecular weight is 525 g/mol. The van der Waals surface area contributed by atoms with Gasteiger partial charge in [-0.1, -0.05) is 83.9 Å². The van der Waals surface area contributed by atoms with Crippen LogP contribution < -0.4 is 0 Å². The molecule has 38 heavy (non-hydrogen) atoms. The van der Waals surface area contributed by atoms with Crippen molar-refractivity contribution in [2.45, 2.75) is 44.3 Å². The number of benzene rings is 2. The minimum atomic E-state index is -1.26. The highest BCUT2D eigenvalue weighted by Gasteiger charge is 2.38. The third kappa shape index (κ3) is 5.01. The van der Waals surface area contributed by atoms with Crippen molar-refractivity contribution >= 4 is 22.6 Å². The summed E-state index contributed by atoms with van der Waals surface area (Å²) in [7, 11) is 0.546. The van der Waals surface area contributed by atoms with Gasteiger partial charge in [0.1, 0.15) is 6.04 Å². The van der Waals surface area contributed by atoms with Gasteiger partial charge in [0.25, 0.3) is 5.91 Å². The van der Waals surface area contributed by atoms with Crippen LogP contribution in [0.5, 0.6) is 0 Å². The Kier molecular flexibility index (Phi) is 7.17. The van der Waals surface area contributed by atoms with Crippen molar-refractivity contribution < 1.29 is 13.8 Å². The van der Waals surface area contributed by atoms with E-state index in [1.54, 1.807) is 29.2 Å². The normalized spacial score (nSPS) is 15.7. The van der Waals surface area contributed by atoms with Crippen molar-refractivity contribution in [2.75, 3.05) is 13.3 Å². The molecule has 3 aliphatic rings.